The van der Waals surface area contributed by atoms with Crippen LogP contribution < -0.4 is 5.32 Å². The van der Waals surface area contributed by atoms with Crippen molar-refractivity contribution in [1.29, 1.82) is 0 Å². The lowest BCUT2D eigenvalue weighted by Crippen LogP contribution is -2.36. The Labute approximate surface area is 170 Å². The molecule has 1 atom stereocenters. The molecule has 5 heteroatoms. The summed E-state index contributed by atoms with van der Waals surface area (Å²) in [6.07, 6.45) is 1.65. The van der Waals surface area contributed by atoms with E-state index in [-0.39, 0.29) is 12.6 Å². The first-order valence-electron chi connectivity index (χ1n) is 9.18. The van der Waals surface area contributed by atoms with Crippen LogP contribution in [0, 0.1) is 0 Å². The van der Waals surface area contributed by atoms with E-state index in [0.29, 0.717) is 10.7 Å². The van der Waals surface area contributed by atoms with Crippen molar-refractivity contribution in [3.8, 4) is 0 Å². The van der Waals surface area contributed by atoms with Crippen molar-refractivity contribution in [1.82, 2.24) is 10.3 Å². The van der Waals surface area contributed by atoms with Crippen LogP contribution in [0.4, 0.5) is 0 Å². The standard InChI is InChI=1S/C23H22N2O2S/c1-2-27-23(26)20(19-15-9-10-16-24-19)22(28)25-21(17-11-5-3-6-12-17)18-13-7-4-8-14-18/h3-16,20-21H,2H2,1H3,(H,25,28). The first-order chi connectivity index (χ1) is 13.7. The number of hydrogen-bond donors (Lipinski definition) is 1. The van der Waals surface area contributed by atoms with Crippen LogP contribution in [0.1, 0.15) is 35.7 Å². The van der Waals surface area contributed by atoms with Crippen molar-refractivity contribution < 1.29 is 9.53 Å². The first kappa shape index (κ1) is 19.7. The highest BCUT2D eigenvalue weighted by molar-refractivity contribution is 7.80. The number of benzene rings is 2. The molecule has 0 saturated heterocycles. The number of aromatic nitrogens is 1. The zero-order valence-electron chi connectivity index (χ0n) is 15.6. The summed E-state index contributed by atoms with van der Waals surface area (Å²) in [5, 5.41) is 3.38. The lowest BCUT2D eigenvalue weighted by molar-refractivity contribution is -0.143. The lowest BCUT2D eigenvalue weighted by Gasteiger charge is -2.25. The Bertz CT molecular complexity index is 862. The van der Waals surface area contributed by atoms with Gasteiger partial charge in [0.15, 0.2) is 0 Å². The van der Waals surface area contributed by atoms with E-state index in [9.17, 15) is 4.79 Å². The molecule has 1 aromatic heterocycles. The lowest BCUT2D eigenvalue weighted by atomic mass is 9.97. The second kappa shape index (κ2) is 9.76. The molecule has 0 saturated carbocycles. The van der Waals surface area contributed by atoms with E-state index in [1.54, 1.807) is 25.3 Å². The van der Waals surface area contributed by atoms with E-state index in [1.165, 1.54) is 0 Å². The number of pyridine rings is 1. The Balaban J connectivity index is 1.94. The van der Waals surface area contributed by atoms with Crippen LogP contribution in [0.5, 0.6) is 0 Å². The third-order valence-corrected chi connectivity index (χ3v) is 4.67. The van der Waals surface area contributed by atoms with Gasteiger partial charge >= 0.3 is 5.97 Å². The number of rotatable bonds is 7. The normalized spacial score (nSPS) is 11.6. The minimum Gasteiger partial charge on any atom is -0.465 e. The molecule has 0 aliphatic rings. The topological polar surface area (TPSA) is 51.2 Å². The zero-order valence-corrected chi connectivity index (χ0v) is 16.4. The highest BCUT2D eigenvalue weighted by Crippen LogP contribution is 2.25. The Morgan fingerprint density at radius 1 is 0.964 bits per heavy atom. The third kappa shape index (κ3) is 4.81. The average molecular weight is 391 g/mol. The molecule has 0 spiro atoms. The van der Waals surface area contributed by atoms with Crippen molar-refractivity contribution in [2.24, 2.45) is 0 Å². The summed E-state index contributed by atoms with van der Waals surface area (Å²) >= 11 is 5.67. The van der Waals surface area contributed by atoms with E-state index < -0.39 is 11.9 Å². The van der Waals surface area contributed by atoms with Crippen molar-refractivity contribution in [3.63, 3.8) is 0 Å². The molecule has 1 unspecified atom stereocenters. The SMILES string of the molecule is CCOC(=O)C(C(=S)NC(c1ccccc1)c1ccccc1)c1ccccn1. The predicted molar refractivity (Wildman–Crippen MR) is 114 cm³/mol. The largest absolute Gasteiger partial charge is 0.465 e. The molecule has 0 fully saturated rings. The van der Waals surface area contributed by atoms with Gasteiger partial charge in [-0.3, -0.25) is 9.78 Å². The Hall–Kier alpha value is -3.05. The van der Waals surface area contributed by atoms with Gasteiger partial charge in [0.25, 0.3) is 0 Å². The summed E-state index contributed by atoms with van der Waals surface area (Å²) in [4.78, 5) is 17.4. The summed E-state index contributed by atoms with van der Waals surface area (Å²) in [5.74, 6) is -1.16. The summed E-state index contributed by atoms with van der Waals surface area (Å²) < 4.78 is 5.27. The number of nitrogens with one attached hydrogen (secondary N) is 1. The second-order valence-corrected chi connectivity index (χ2v) is 6.64. The number of hydrogen-bond acceptors (Lipinski definition) is 4. The molecule has 0 bridgehead atoms. The molecule has 0 amide bonds. The van der Waals surface area contributed by atoms with Gasteiger partial charge in [0.05, 0.1) is 23.3 Å². The third-order valence-electron chi connectivity index (χ3n) is 4.32. The van der Waals surface area contributed by atoms with Crippen LogP contribution in [-0.4, -0.2) is 22.5 Å². The molecule has 1 N–H and O–H groups in total. The van der Waals surface area contributed by atoms with Crippen LogP contribution in [0.25, 0.3) is 0 Å². The van der Waals surface area contributed by atoms with Gasteiger partial charge in [-0.1, -0.05) is 78.9 Å². The van der Waals surface area contributed by atoms with Crippen LogP contribution in [0.2, 0.25) is 0 Å². The van der Waals surface area contributed by atoms with Crippen LogP contribution in [-0.2, 0) is 9.53 Å². The van der Waals surface area contributed by atoms with Crippen molar-refractivity contribution in [2.45, 2.75) is 18.9 Å². The number of carbonyl (C=O) groups excluding carboxylic acids is 1. The smallest absolute Gasteiger partial charge is 0.321 e. The summed E-state index contributed by atoms with van der Waals surface area (Å²) in [6.45, 7) is 2.06. The van der Waals surface area contributed by atoms with E-state index in [0.717, 1.165) is 11.1 Å². The van der Waals surface area contributed by atoms with Gasteiger partial charge in [0.1, 0.15) is 5.92 Å². The first-order valence-corrected chi connectivity index (χ1v) is 9.59. The van der Waals surface area contributed by atoms with E-state index in [1.807, 2.05) is 66.7 Å². The van der Waals surface area contributed by atoms with Gasteiger partial charge in [0, 0.05) is 6.20 Å². The fourth-order valence-electron chi connectivity index (χ4n) is 3.01. The van der Waals surface area contributed by atoms with Gasteiger partial charge in [-0.15, -0.1) is 0 Å². The molecule has 2 aromatic carbocycles. The van der Waals surface area contributed by atoms with Gasteiger partial charge in [-0.2, -0.15) is 0 Å². The maximum atomic E-state index is 12.6. The van der Waals surface area contributed by atoms with E-state index in [2.05, 4.69) is 10.3 Å². The molecule has 1 heterocycles. The molecule has 0 aliphatic heterocycles. The van der Waals surface area contributed by atoms with Crippen molar-refractivity contribution in [2.75, 3.05) is 6.61 Å². The minimum absolute atomic E-state index is 0.185. The number of carbonyl (C=O) groups is 1. The predicted octanol–water partition coefficient (Wildman–Crippen LogP) is 4.43. The Kier molecular flexibility index (Phi) is 6.87. The number of ether oxygens (including phenoxy) is 1. The average Bonchev–Trinajstić information content (AvgIpc) is 2.74. The van der Waals surface area contributed by atoms with Crippen LogP contribution in [0.3, 0.4) is 0 Å². The molecule has 3 aromatic rings. The fourth-order valence-corrected chi connectivity index (χ4v) is 3.34. The van der Waals surface area contributed by atoms with E-state index in [4.69, 9.17) is 17.0 Å². The number of nitrogens with zero attached hydrogens (tertiary/aromatic N) is 1. The van der Waals surface area contributed by atoms with Gasteiger partial charge in [-0.25, -0.2) is 0 Å². The van der Waals surface area contributed by atoms with Crippen molar-refractivity contribution >= 4 is 23.2 Å². The van der Waals surface area contributed by atoms with Gasteiger partial charge < -0.3 is 10.1 Å². The maximum absolute atomic E-state index is 12.6. The summed E-state index contributed by atoms with van der Waals surface area (Å²) in [7, 11) is 0. The summed E-state index contributed by atoms with van der Waals surface area (Å²) in [6, 6.07) is 25.3. The van der Waals surface area contributed by atoms with Gasteiger partial charge in [-0.05, 0) is 30.2 Å². The minimum atomic E-state index is -0.758. The maximum Gasteiger partial charge on any atom is 0.321 e. The molecule has 4 nitrogen and oxygen atoms in total. The Morgan fingerprint density at radius 2 is 1.54 bits per heavy atom. The van der Waals surface area contributed by atoms with E-state index >= 15 is 0 Å². The molecule has 28 heavy (non-hydrogen) atoms. The molecule has 0 radical (unpaired) electrons. The number of thiocarbonyl (C=S) groups is 1. The quantitative estimate of drug-likeness (QED) is 0.478. The molecule has 3 rings (SSSR count). The monoisotopic (exact) mass is 390 g/mol. The molecular weight excluding hydrogens is 368 g/mol. The van der Waals surface area contributed by atoms with Crippen LogP contribution >= 0.6 is 12.2 Å². The molecule has 142 valence electrons. The number of esters is 1. The Morgan fingerprint density at radius 3 is 2.04 bits per heavy atom. The molecule has 0 aliphatic carbocycles. The molecular formula is C23H22N2O2S. The van der Waals surface area contributed by atoms with Crippen molar-refractivity contribution in [3.05, 3.63) is 102 Å². The van der Waals surface area contributed by atoms with Crippen LogP contribution in [0.15, 0.2) is 85.1 Å². The summed E-state index contributed by atoms with van der Waals surface area (Å²) in [5.41, 5.74) is 2.68. The second-order valence-electron chi connectivity index (χ2n) is 6.20. The van der Waals surface area contributed by atoms with Gasteiger partial charge in [0.2, 0.25) is 0 Å². The fraction of sp³-hybridized carbons (Fsp3) is 0.174. The highest BCUT2D eigenvalue weighted by Gasteiger charge is 2.30. The highest BCUT2D eigenvalue weighted by atomic mass is 32.1. The zero-order chi connectivity index (χ0) is 19.8.